The number of rotatable bonds is 3. The Balaban J connectivity index is 2.27. The van der Waals surface area contributed by atoms with Crippen LogP contribution in [0.2, 0.25) is 0 Å². The average molecular weight is 270 g/mol. The number of hydrogen-bond donors (Lipinski definition) is 0. The van der Waals surface area contributed by atoms with Gasteiger partial charge in [-0.1, -0.05) is 24.3 Å². The van der Waals surface area contributed by atoms with E-state index in [2.05, 4.69) is 9.72 Å². The maximum absolute atomic E-state index is 12.3. The van der Waals surface area contributed by atoms with Gasteiger partial charge < -0.3 is 9.64 Å². The topological polar surface area (TPSA) is 59.5 Å². The average Bonchev–Trinajstić information content (AvgIpc) is 2.53. The predicted molar refractivity (Wildman–Crippen MR) is 74.8 cm³/mol. The van der Waals surface area contributed by atoms with Crippen molar-refractivity contribution in [1.82, 2.24) is 4.98 Å². The lowest BCUT2D eigenvalue weighted by Crippen LogP contribution is -2.27. The van der Waals surface area contributed by atoms with Gasteiger partial charge in [-0.25, -0.2) is 9.78 Å². The molecule has 0 saturated heterocycles. The van der Waals surface area contributed by atoms with E-state index in [1.165, 1.54) is 18.1 Å². The minimum absolute atomic E-state index is 0.111. The molecular weight excluding hydrogens is 256 g/mol. The third-order valence-corrected chi connectivity index (χ3v) is 2.81. The van der Waals surface area contributed by atoms with Gasteiger partial charge in [-0.2, -0.15) is 0 Å². The molecule has 20 heavy (non-hydrogen) atoms. The van der Waals surface area contributed by atoms with Crippen LogP contribution in [-0.2, 0) is 4.74 Å². The van der Waals surface area contributed by atoms with E-state index in [-0.39, 0.29) is 17.3 Å². The zero-order chi connectivity index (χ0) is 14.5. The van der Waals surface area contributed by atoms with Gasteiger partial charge in [0.2, 0.25) is 0 Å². The molecule has 0 aliphatic heterocycles. The number of benzene rings is 1. The van der Waals surface area contributed by atoms with Crippen molar-refractivity contribution < 1.29 is 14.3 Å². The van der Waals surface area contributed by atoms with Crippen LogP contribution in [0.15, 0.2) is 48.5 Å². The van der Waals surface area contributed by atoms with Crippen molar-refractivity contribution in [3.8, 4) is 0 Å². The molecule has 5 nitrogen and oxygen atoms in total. The highest BCUT2D eigenvalue weighted by molar-refractivity contribution is 6.04. The number of esters is 1. The van der Waals surface area contributed by atoms with Gasteiger partial charge in [-0.15, -0.1) is 0 Å². The first-order valence-corrected chi connectivity index (χ1v) is 6.02. The SMILES string of the molecule is COC(=O)c1cccc(C(=O)N(C)c2ccccc2)n1. The van der Waals surface area contributed by atoms with Gasteiger partial charge in [0.15, 0.2) is 0 Å². The Hall–Kier alpha value is -2.69. The molecule has 1 heterocycles. The lowest BCUT2D eigenvalue weighted by Gasteiger charge is -2.16. The fourth-order valence-corrected chi connectivity index (χ4v) is 1.71. The third kappa shape index (κ3) is 2.83. The van der Waals surface area contributed by atoms with Crippen LogP contribution in [0.3, 0.4) is 0 Å². The summed E-state index contributed by atoms with van der Waals surface area (Å²) >= 11 is 0. The summed E-state index contributed by atoms with van der Waals surface area (Å²) in [4.78, 5) is 29.2. The maximum Gasteiger partial charge on any atom is 0.356 e. The number of carbonyl (C=O) groups excluding carboxylic acids is 2. The smallest absolute Gasteiger partial charge is 0.356 e. The minimum atomic E-state index is -0.568. The number of anilines is 1. The van der Waals surface area contributed by atoms with Crippen LogP contribution in [0.5, 0.6) is 0 Å². The lowest BCUT2D eigenvalue weighted by molar-refractivity contribution is 0.0594. The highest BCUT2D eigenvalue weighted by atomic mass is 16.5. The minimum Gasteiger partial charge on any atom is -0.464 e. The molecule has 0 aliphatic rings. The van der Waals surface area contributed by atoms with Crippen LogP contribution in [0.4, 0.5) is 5.69 Å². The van der Waals surface area contributed by atoms with Crippen molar-refractivity contribution in [3.05, 3.63) is 59.9 Å². The molecule has 0 radical (unpaired) electrons. The van der Waals surface area contributed by atoms with E-state index in [1.54, 1.807) is 19.2 Å². The first-order valence-electron chi connectivity index (χ1n) is 6.02. The number of nitrogens with zero attached hydrogens (tertiary/aromatic N) is 2. The lowest BCUT2D eigenvalue weighted by atomic mass is 10.2. The van der Waals surface area contributed by atoms with E-state index >= 15 is 0 Å². The molecule has 1 aromatic carbocycles. The quantitative estimate of drug-likeness (QED) is 0.802. The number of amides is 1. The summed E-state index contributed by atoms with van der Waals surface area (Å²) in [5, 5.41) is 0. The Bertz CT molecular complexity index is 626. The fraction of sp³-hybridized carbons (Fsp3) is 0.133. The Morgan fingerprint density at radius 1 is 1.00 bits per heavy atom. The second-order valence-corrected chi connectivity index (χ2v) is 4.10. The molecule has 0 atom stereocenters. The molecule has 0 spiro atoms. The van der Waals surface area contributed by atoms with Crippen molar-refractivity contribution in [1.29, 1.82) is 0 Å². The number of pyridine rings is 1. The van der Waals surface area contributed by atoms with E-state index in [0.717, 1.165) is 5.69 Å². The molecule has 0 saturated carbocycles. The number of hydrogen-bond acceptors (Lipinski definition) is 4. The summed E-state index contributed by atoms with van der Waals surface area (Å²) in [6.07, 6.45) is 0. The van der Waals surface area contributed by atoms with Crippen molar-refractivity contribution in [2.24, 2.45) is 0 Å². The molecule has 0 aliphatic carbocycles. The van der Waals surface area contributed by atoms with Gasteiger partial charge >= 0.3 is 5.97 Å². The van der Waals surface area contributed by atoms with E-state index in [1.807, 2.05) is 30.3 Å². The van der Waals surface area contributed by atoms with Crippen LogP contribution in [-0.4, -0.2) is 31.0 Å². The molecule has 5 heteroatoms. The molecule has 0 N–H and O–H groups in total. The largest absolute Gasteiger partial charge is 0.464 e. The molecular formula is C15H14N2O3. The molecule has 0 unspecified atom stereocenters. The zero-order valence-corrected chi connectivity index (χ0v) is 11.2. The number of para-hydroxylation sites is 1. The fourth-order valence-electron chi connectivity index (χ4n) is 1.71. The van der Waals surface area contributed by atoms with Crippen LogP contribution < -0.4 is 4.90 Å². The van der Waals surface area contributed by atoms with Crippen molar-refractivity contribution in [2.45, 2.75) is 0 Å². The van der Waals surface area contributed by atoms with Crippen LogP contribution in [0.25, 0.3) is 0 Å². The predicted octanol–water partition coefficient (Wildman–Crippen LogP) is 2.14. The Morgan fingerprint density at radius 3 is 2.30 bits per heavy atom. The standard InChI is InChI=1S/C15H14N2O3/c1-17(11-7-4-3-5-8-11)14(18)12-9-6-10-13(16-12)15(19)20-2/h3-10H,1-2H3. The van der Waals surface area contributed by atoms with Gasteiger partial charge in [0, 0.05) is 12.7 Å². The van der Waals surface area contributed by atoms with E-state index in [9.17, 15) is 9.59 Å². The molecule has 1 amide bonds. The second kappa shape index (κ2) is 5.97. The van der Waals surface area contributed by atoms with Gasteiger partial charge in [0.25, 0.3) is 5.91 Å². The first-order chi connectivity index (χ1) is 9.63. The van der Waals surface area contributed by atoms with Crippen LogP contribution in [0.1, 0.15) is 21.0 Å². The molecule has 0 fully saturated rings. The van der Waals surface area contributed by atoms with Crippen molar-refractivity contribution in [3.63, 3.8) is 0 Å². The first kappa shape index (κ1) is 13.7. The van der Waals surface area contributed by atoms with Gasteiger partial charge in [0.05, 0.1) is 7.11 Å². The summed E-state index contributed by atoms with van der Waals surface area (Å²) in [7, 11) is 2.93. The highest BCUT2D eigenvalue weighted by Gasteiger charge is 2.16. The van der Waals surface area contributed by atoms with Gasteiger partial charge in [0.1, 0.15) is 11.4 Å². The van der Waals surface area contributed by atoms with E-state index in [4.69, 9.17) is 0 Å². The number of carbonyl (C=O) groups is 2. The number of aromatic nitrogens is 1. The summed E-state index contributed by atoms with van der Waals surface area (Å²) < 4.78 is 4.59. The van der Waals surface area contributed by atoms with Gasteiger partial charge in [-0.3, -0.25) is 4.79 Å². The zero-order valence-electron chi connectivity index (χ0n) is 11.2. The maximum atomic E-state index is 12.3. The highest BCUT2D eigenvalue weighted by Crippen LogP contribution is 2.14. The molecule has 1 aromatic heterocycles. The second-order valence-electron chi connectivity index (χ2n) is 4.10. The Morgan fingerprint density at radius 2 is 1.65 bits per heavy atom. The van der Waals surface area contributed by atoms with E-state index < -0.39 is 5.97 Å². The van der Waals surface area contributed by atoms with Crippen molar-refractivity contribution >= 4 is 17.6 Å². The monoisotopic (exact) mass is 270 g/mol. The summed E-state index contributed by atoms with van der Waals surface area (Å²) in [6.45, 7) is 0. The summed E-state index contributed by atoms with van der Waals surface area (Å²) in [5.41, 5.74) is 1.06. The number of methoxy groups -OCH3 is 1. The summed E-state index contributed by atoms with van der Waals surface area (Å²) in [5.74, 6) is -0.857. The van der Waals surface area contributed by atoms with Gasteiger partial charge in [-0.05, 0) is 24.3 Å². The van der Waals surface area contributed by atoms with Crippen LogP contribution >= 0.6 is 0 Å². The molecule has 2 rings (SSSR count). The van der Waals surface area contributed by atoms with Crippen LogP contribution in [0, 0.1) is 0 Å². The molecule has 2 aromatic rings. The molecule has 102 valence electrons. The normalized spacial score (nSPS) is 9.90. The molecule has 0 bridgehead atoms. The third-order valence-electron chi connectivity index (χ3n) is 2.81. The van der Waals surface area contributed by atoms with E-state index in [0.29, 0.717) is 0 Å². The Labute approximate surface area is 116 Å². The number of ether oxygens (including phenoxy) is 1. The Kier molecular flexibility index (Phi) is 4.10. The van der Waals surface area contributed by atoms with Crippen molar-refractivity contribution in [2.75, 3.05) is 19.1 Å². The summed E-state index contributed by atoms with van der Waals surface area (Å²) in [6, 6.07) is 13.9.